The lowest BCUT2D eigenvalue weighted by Gasteiger charge is -2.35. The third kappa shape index (κ3) is 5.35. The first-order valence-corrected chi connectivity index (χ1v) is 11.5. The Labute approximate surface area is 205 Å². The maximum absolute atomic E-state index is 13.0. The van der Waals surface area contributed by atoms with E-state index in [4.69, 9.17) is 19.4 Å². The molecule has 0 aliphatic heterocycles. The minimum atomic E-state index is -2.69. The molecule has 36 heavy (non-hydrogen) atoms. The Morgan fingerprint density at radius 3 is 2.72 bits per heavy atom. The van der Waals surface area contributed by atoms with Crippen LogP contribution in [0.4, 0.5) is 20.3 Å². The SMILES string of the molecule is CCOc1ccc2nc(-c3cccc(OCC(=O)NC4CC(F)(F)C4)c3)nc(Nc3cn[nH]c3)c2c1. The van der Waals surface area contributed by atoms with Crippen molar-refractivity contribution in [3.63, 3.8) is 0 Å². The second kappa shape index (κ2) is 9.76. The summed E-state index contributed by atoms with van der Waals surface area (Å²) >= 11 is 0. The van der Waals surface area contributed by atoms with Crippen molar-refractivity contribution in [2.45, 2.75) is 31.7 Å². The van der Waals surface area contributed by atoms with Gasteiger partial charge in [0.05, 0.1) is 24.0 Å². The number of alkyl halides is 2. The van der Waals surface area contributed by atoms with Crippen LogP contribution in [-0.4, -0.2) is 51.3 Å². The minimum absolute atomic E-state index is 0.280. The molecule has 0 saturated heterocycles. The fourth-order valence-corrected chi connectivity index (χ4v) is 3.95. The number of hydrogen-bond donors (Lipinski definition) is 3. The molecule has 9 nitrogen and oxygen atoms in total. The van der Waals surface area contributed by atoms with Gasteiger partial charge in [0.25, 0.3) is 11.8 Å². The second-order valence-electron chi connectivity index (χ2n) is 8.46. The Bertz CT molecular complexity index is 1370. The van der Waals surface area contributed by atoms with E-state index in [0.29, 0.717) is 40.8 Å². The Kier molecular flexibility index (Phi) is 6.36. The van der Waals surface area contributed by atoms with E-state index in [1.807, 2.05) is 31.2 Å². The highest BCUT2D eigenvalue weighted by Gasteiger charge is 2.45. The van der Waals surface area contributed by atoms with Crippen LogP contribution < -0.4 is 20.1 Å². The molecule has 2 aromatic heterocycles. The minimum Gasteiger partial charge on any atom is -0.494 e. The van der Waals surface area contributed by atoms with Gasteiger partial charge in [0.2, 0.25) is 0 Å². The van der Waals surface area contributed by atoms with E-state index < -0.39 is 17.9 Å². The molecule has 3 N–H and O–H groups in total. The van der Waals surface area contributed by atoms with Crippen molar-refractivity contribution in [3.8, 4) is 22.9 Å². The second-order valence-corrected chi connectivity index (χ2v) is 8.46. The number of nitrogens with zero attached hydrogens (tertiary/aromatic N) is 3. The van der Waals surface area contributed by atoms with Crippen molar-refractivity contribution in [1.29, 1.82) is 0 Å². The predicted octanol–water partition coefficient (Wildman–Crippen LogP) is 4.45. The molecule has 1 aliphatic rings. The van der Waals surface area contributed by atoms with Gasteiger partial charge in [0, 0.05) is 36.0 Å². The quantitative estimate of drug-likeness (QED) is 0.315. The fraction of sp³-hybridized carbons (Fsp3) is 0.280. The van der Waals surface area contributed by atoms with Crippen LogP contribution >= 0.6 is 0 Å². The lowest BCUT2D eigenvalue weighted by Crippen LogP contribution is -2.51. The number of hydrogen-bond acceptors (Lipinski definition) is 7. The van der Waals surface area contributed by atoms with Crippen LogP contribution in [0.25, 0.3) is 22.3 Å². The molecule has 2 aromatic carbocycles. The van der Waals surface area contributed by atoms with E-state index in [0.717, 1.165) is 11.1 Å². The van der Waals surface area contributed by atoms with E-state index >= 15 is 0 Å². The average molecular weight is 495 g/mol. The number of halogens is 2. The summed E-state index contributed by atoms with van der Waals surface area (Å²) in [6, 6.07) is 12.1. The van der Waals surface area contributed by atoms with Crippen LogP contribution in [-0.2, 0) is 4.79 Å². The van der Waals surface area contributed by atoms with Crippen LogP contribution in [0, 0.1) is 0 Å². The summed E-state index contributed by atoms with van der Waals surface area (Å²) in [5.74, 6) is -0.981. The van der Waals surface area contributed by atoms with Crippen molar-refractivity contribution < 1.29 is 23.0 Å². The number of aromatic nitrogens is 4. The van der Waals surface area contributed by atoms with Crippen LogP contribution in [0.3, 0.4) is 0 Å². The third-order valence-electron chi connectivity index (χ3n) is 5.66. The van der Waals surface area contributed by atoms with E-state index in [9.17, 15) is 13.6 Å². The molecule has 0 spiro atoms. The first-order chi connectivity index (χ1) is 17.4. The molecule has 0 radical (unpaired) electrons. The molecule has 2 heterocycles. The summed E-state index contributed by atoms with van der Waals surface area (Å²) in [5.41, 5.74) is 2.12. The highest BCUT2D eigenvalue weighted by atomic mass is 19.3. The van der Waals surface area contributed by atoms with Gasteiger partial charge < -0.3 is 20.1 Å². The highest BCUT2D eigenvalue weighted by molar-refractivity contribution is 5.93. The third-order valence-corrected chi connectivity index (χ3v) is 5.66. The van der Waals surface area contributed by atoms with Gasteiger partial charge in [-0.05, 0) is 37.3 Å². The number of carbonyl (C=O) groups excluding carboxylic acids is 1. The van der Waals surface area contributed by atoms with Crippen LogP contribution in [0.2, 0.25) is 0 Å². The number of aromatic amines is 1. The number of amides is 1. The Morgan fingerprint density at radius 2 is 1.97 bits per heavy atom. The zero-order chi connectivity index (χ0) is 25.1. The van der Waals surface area contributed by atoms with Gasteiger partial charge in [-0.3, -0.25) is 9.89 Å². The summed E-state index contributed by atoms with van der Waals surface area (Å²) in [4.78, 5) is 21.5. The zero-order valence-corrected chi connectivity index (χ0v) is 19.4. The van der Waals surface area contributed by atoms with Gasteiger partial charge in [-0.2, -0.15) is 5.10 Å². The highest BCUT2D eigenvalue weighted by Crippen LogP contribution is 2.37. The maximum atomic E-state index is 13.0. The number of H-pyrrole nitrogens is 1. The molecular weight excluding hydrogens is 470 g/mol. The Hall–Kier alpha value is -4.28. The van der Waals surface area contributed by atoms with Gasteiger partial charge >= 0.3 is 0 Å². The van der Waals surface area contributed by atoms with Crippen LogP contribution in [0.1, 0.15) is 19.8 Å². The maximum Gasteiger partial charge on any atom is 0.258 e. The van der Waals surface area contributed by atoms with Crippen molar-refractivity contribution in [2.24, 2.45) is 0 Å². The van der Waals surface area contributed by atoms with Crippen molar-refractivity contribution in [2.75, 3.05) is 18.5 Å². The molecule has 1 aliphatic carbocycles. The number of ether oxygens (including phenoxy) is 2. The molecule has 1 fully saturated rings. The Morgan fingerprint density at radius 1 is 1.14 bits per heavy atom. The zero-order valence-electron chi connectivity index (χ0n) is 19.4. The molecule has 186 valence electrons. The lowest BCUT2D eigenvalue weighted by molar-refractivity contribution is -0.131. The lowest BCUT2D eigenvalue weighted by atomic mass is 9.88. The normalized spacial score (nSPS) is 14.8. The number of nitrogens with one attached hydrogen (secondary N) is 3. The van der Waals surface area contributed by atoms with E-state index in [2.05, 4.69) is 20.8 Å². The van der Waals surface area contributed by atoms with Gasteiger partial charge in [0.1, 0.15) is 17.3 Å². The molecule has 0 unspecified atom stereocenters. The molecular formula is C25H24F2N6O3. The number of fused-ring (bicyclic) bond motifs is 1. The molecule has 1 amide bonds. The molecule has 11 heteroatoms. The average Bonchev–Trinajstić information content (AvgIpc) is 3.35. The van der Waals surface area contributed by atoms with E-state index in [-0.39, 0.29) is 19.4 Å². The Balaban J connectivity index is 1.37. The number of anilines is 2. The van der Waals surface area contributed by atoms with Crippen molar-refractivity contribution >= 4 is 28.3 Å². The summed E-state index contributed by atoms with van der Waals surface area (Å²) in [5, 5.41) is 13.3. The summed E-state index contributed by atoms with van der Waals surface area (Å²) in [7, 11) is 0. The largest absolute Gasteiger partial charge is 0.494 e. The van der Waals surface area contributed by atoms with Crippen molar-refractivity contribution in [3.05, 3.63) is 54.9 Å². The first-order valence-electron chi connectivity index (χ1n) is 11.5. The molecule has 1 saturated carbocycles. The standard InChI is InChI=1S/C25H24F2N6O3/c1-2-35-19-6-7-21-20(9-19)24(31-17-12-28-29-13-17)33-23(32-21)15-4-3-5-18(8-15)36-14-22(34)30-16-10-25(26,27)11-16/h3-9,12-13,16H,2,10-11,14H2,1H3,(H,28,29)(H,30,34)(H,31,32,33). The van der Waals surface area contributed by atoms with Crippen LogP contribution in [0.5, 0.6) is 11.5 Å². The van der Waals surface area contributed by atoms with Crippen molar-refractivity contribution in [1.82, 2.24) is 25.5 Å². The fourth-order valence-electron chi connectivity index (χ4n) is 3.95. The molecule has 0 atom stereocenters. The van der Waals surface area contributed by atoms with Crippen LogP contribution in [0.15, 0.2) is 54.9 Å². The summed E-state index contributed by atoms with van der Waals surface area (Å²) in [6.45, 7) is 2.17. The first kappa shape index (κ1) is 23.5. The number of rotatable bonds is 9. The van der Waals surface area contributed by atoms with E-state index in [1.54, 1.807) is 30.6 Å². The van der Waals surface area contributed by atoms with Gasteiger partial charge in [0.15, 0.2) is 12.4 Å². The molecule has 5 rings (SSSR count). The molecule has 0 bridgehead atoms. The molecule has 4 aromatic rings. The van der Waals surface area contributed by atoms with Gasteiger partial charge in [-0.15, -0.1) is 0 Å². The monoisotopic (exact) mass is 494 g/mol. The number of benzene rings is 2. The summed E-state index contributed by atoms with van der Waals surface area (Å²) < 4.78 is 37.2. The van der Waals surface area contributed by atoms with Gasteiger partial charge in [-0.1, -0.05) is 12.1 Å². The van der Waals surface area contributed by atoms with Gasteiger partial charge in [-0.25, -0.2) is 18.7 Å². The smallest absolute Gasteiger partial charge is 0.258 e. The predicted molar refractivity (Wildman–Crippen MR) is 130 cm³/mol. The topological polar surface area (TPSA) is 114 Å². The van der Waals surface area contributed by atoms with E-state index in [1.165, 1.54) is 0 Å². The summed E-state index contributed by atoms with van der Waals surface area (Å²) in [6.07, 6.45) is 2.68. The number of carbonyl (C=O) groups is 1.